The maximum atomic E-state index is 5.10. The summed E-state index contributed by atoms with van der Waals surface area (Å²) in [7, 11) is 0. The van der Waals surface area contributed by atoms with Crippen molar-refractivity contribution in [3.63, 3.8) is 0 Å². The lowest BCUT2D eigenvalue weighted by atomic mass is 10.0. The van der Waals surface area contributed by atoms with Crippen molar-refractivity contribution in [3.8, 4) is 11.1 Å². The van der Waals surface area contributed by atoms with Crippen LogP contribution in [-0.4, -0.2) is 6.21 Å². The zero-order valence-corrected chi connectivity index (χ0v) is 9.22. The molecule has 2 heteroatoms. The number of benzene rings is 2. The fraction of sp³-hybridized carbons (Fsp3) is 0.0714. The van der Waals surface area contributed by atoms with Crippen molar-refractivity contribution in [1.29, 1.82) is 0 Å². The van der Waals surface area contributed by atoms with Gasteiger partial charge in [0.15, 0.2) is 0 Å². The molecule has 0 bridgehead atoms. The van der Waals surface area contributed by atoms with Crippen molar-refractivity contribution < 1.29 is 0 Å². The molecule has 2 aromatic rings. The van der Waals surface area contributed by atoms with Gasteiger partial charge in [0.2, 0.25) is 0 Å². The van der Waals surface area contributed by atoms with Crippen LogP contribution in [-0.2, 0) is 0 Å². The number of aryl methyl sites for hydroxylation is 1. The van der Waals surface area contributed by atoms with Crippen LogP contribution in [0.4, 0.5) is 0 Å². The van der Waals surface area contributed by atoms with Gasteiger partial charge in [0, 0.05) is 0 Å². The van der Waals surface area contributed by atoms with Crippen molar-refractivity contribution in [1.82, 2.24) is 0 Å². The lowest BCUT2D eigenvalue weighted by Gasteiger charge is -2.02. The highest BCUT2D eigenvalue weighted by Crippen LogP contribution is 2.19. The Morgan fingerprint density at radius 3 is 1.88 bits per heavy atom. The van der Waals surface area contributed by atoms with Gasteiger partial charge in [-0.3, -0.25) is 0 Å². The lowest BCUT2D eigenvalue weighted by molar-refractivity contribution is 1.26. The molecular formula is C14H14N2. The first-order valence-corrected chi connectivity index (χ1v) is 5.20. The van der Waals surface area contributed by atoms with Gasteiger partial charge >= 0.3 is 0 Å². The molecule has 80 valence electrons. The summed E-state index contributed by atoms with van der Waals surface area (Å²) >= 11 is 0. The molecule has 0 aromatic heterocycles. The molecule has 0 spiro atoms. The van der Waals surface area contributed by atoms with Crippen LogP contribution in [0, 0.1) is 6.92 Å². The smallest absolute Gasteiger partial charge is 0.0538 e. The van der Waals surface area contributed by atoms with Crippen LogP contribution in [0.3, 0.4) is 0 Å². The van der Waals surface area contributed by atoms with Crippen LogP contribution in [0.15, 0.2) is 53.6 Å². The number of hydrogen-bond donors (Lipinski definition) is 1. The molecule has 0 radical (unpaired) electrons. The second kappa shape index (κ2) is 4.62. The zero-order chi connectivity index (χ0) is 11.4. The third-order valence-electron chi connectivity index (χ3n) is 2.52. The molecule has 0 heterocycles. The van der Waals surface area contributed by atoms with E-state index in [1.54, 1.807) is 6.21 Å². The average Bonchev–Trinajstić information content (AvgIpc) is 2.32. The molecule has 2 rings (SSSR count). The summed E-state index contributed by atoms with van der Waals surface area (Å²) in [6, 6.07) is 16.6. The fourth-order valence-electron chi connectivity index (χ4n) is 1.59. The SMILES string of the molecule is Cc1ccc(-c2ccc(C=NN)cc2)cc1. The molecule has 0 saturated heterocycles. The van der Waals surface area contributed by atoms with Gasteiger partial charge < -0.3 is 5.84 Å². The second-order valence-electron chi connectivity index (χ2n) is 3.77. The van der Waals surface area contributed by atoms with Crippen molar-refractivity contribution in [3.05, 3.63) is 59.7 Å². The molecule has 0 amide bonds. The van der Waals surface area contributed by atoms with E-state index in [-0.39, 0.29) is 0 Å². The van der Waals surface area contributed by atoms with Gasteiger partial charge in [0.05, 0.1) is 6.21 Å². The number of hydrazone groups is 1. The van der Waals surface area contributed by atoms with Crippen molar-refractivity contribution >= 4 is 6.21 Å². The Bertz CT molecular complexity index is 481. The van der Waals surface area contributed by atoms with Crippen LogP contribution in [0.1, 0.15) is 11.1 Å². The van der Waals surface area contributed by atoms with Gasteiger partial charge in [0.1, 0.15) is 0 Å². The van der Waals surface area contributed by atoms with Crippen molar-refractivity contribution in [2.45, 2.75) is 6.92 Å². The first kappa shape index (κ1) is 10.4. The quantitative estimate of drug-likeness (QED) is 0.462. The van der Waals surface area contributed by atoms with Crippen molar-refractivity contribution in [2.75, 3.05) is 0 Å². The highest BCUT2D eigenvalue weighted by atomic mass is 15.1. The van der Waals surface area contributed by atoms with Gasteiger partial charge in [-0.25, -0.2) is 0 Å². The molecule has 0 aliphatic rings. The van der Waals surface area contributed by atoms with Crippen LogP contribution in [0.2, 0.25) is 0 Å². The molecule has 2 nitrogen and oxygen atoms in total. The van der Waals surface area contributed by atoms with Gasteiger partial charge in [-0.2, -0.15) is 5.10 Å². The number of rotatable bonds is 2. The Labute approximate surface area is 95.4 Å². The Balaban J connectivity index is 2.31. The molecule has 0 aliphatic heterocycles. The normalized spacial score (nSPS) is 10.8. The predicted molar refractivity (Wildman–Crippen MR) is 68.4 cm³/mol. The van der Waals surface area contributed by atoms with E-state index in [4.69, 9.17) is 5.84 Å². The third kappa shape index (κ3) is 2.28. The van der Waals surface area contributed by atoms with Crippen LogP contribution < -0.4 is 5.84 Å². The molecule has 2 N–H and O–H groups in total. The molecule has 0 fully saturated rings. The highest BCUT2D eigenvalue weighted by Gasteiger charge is 1.96. The Morgan fingerprint density at radius 2 is 1.38 bits per heavy atom. The summed E-state index contributed by atoms with van der Waals surface area (Å²) in [6.45, 7) is 2.09. The molecule has 0 aliphatic carbocycles. The maximum absolute atomic E-state index is 5.10. The van der Waals surface area contributed by atoms with Crippen LogP contribution in [0.5, 0.6) is 0 Å². The van der Waals surface area contributed by atoms with Crippen LogP contribution >= 0.6 is 0 Å². The number of nitrogens with two attached hydrogens (primary N) is 1. The monoisotopic (exact) mass is 210 g/mol. The minimum atomic E-state index is 1.01. The van der Waals surface area contributed by atoms with E-state index >= 15 is 0 Å². The van der Waals surface area contributed by atoms with Gasteiger partial charge in [-0.05, 0) is 23.6 Å². The summed E-state index contributed by atoms with van der Waals surface area (Å²) in [6.07, 6.45) is 1.64. The van der Waals surface area contributed by atoms with Gasteiger partial charge in [-0.1, -0.05) is 54.1 Å². The van der Waals surface area contributed by atoms with E-state index in [0.717, 1.165) is 5.56 Å². The average molecular weight is 210 g/mol. The summed E-state index contributed by atoms with van der Waals surface area (Å²) < 4.78 is 0. The Hall–Kier alpha value is -2.09. The predicted octanol–water partition coefficient (Wildman–Crippen LogP) is 2.95. The fourth-order valence-corrected chi connectivity index (χ4v) is 1.59. The molecule has 0 atom stereocenters. The van der Waals surface area contributed by atoms with Gasteiger partial charge in [0.25, 0.3) is 0 Å². The first-order chi connectivity index (χ1) is 7.79. The molecule has 0 unspecified atom stereocenters. The third-order valence-corrected chi connectivity index (χ3v) is 2.52. The zero-order valence-electron chi connectivity index (χ0n) is 9.22. The van der Waals surface area contributed by atoms with Crippen LogP contribution in [0.25, 0.3) is 11.1 Å². The second-order valence-corrected chi connectivity index (χ2v) is 3.77. The molecule has 0 saturated carbocycles. The van der Waals surface area contributed by atoms with E-state index in [1.807, 2.05) is 12.1 Å². The summed E-state index contributed by atoms with van der Waals surface area (Å²) in [5, 5.41) is 3.49. The summed E-state index contributed by atoms with van der Waals surface area (Å²) in [5.41, 5.74) is 4.71. The van der Waals surface area contributed by atoms with E-state index in [1.165, 1.54) is 16.7 Å². The van der Waals surface area contributed by atoms with Gasteiger partial charge in [-0.15, -0.1) is 0 Å². The van der Waals surface area contributed by atoms with E-state index in [0.29, 0.717) is 0 Å². The lowest BCUT2D eigenvalue weighted by Crippen LogP contribution is -1.86. The maximum Gasteiger partial charge on any atom is 0.0538 e. The number of hydrogen-bond acceptors (Lipinski definition) is 2. The largest absolute Gasteiger partial charge is 0.323 e. The minimum Gasteiger partial charge on any atom is -0.323 e. The van der Waals surface area contributed by atoms with E-state index in [2.05, 4.69) is 48.4 Å². The summed E-state index contributed by atoms with van der Waals surface area (Å²) in [4.78, 5) is 0. The molecule has 16 heavy (non-hydrogen) atoms. The minimum absolute atomic E-state index is 1.01. The summed E-state index contributed by atoms with van der Waals surface area (Å²) in [5.74, 6) is 5.10. The van der Waals surface area contributed by atoms with Crippen molar-refractivity contribution in [2.24, 2.45) is 10.9 Å². The standard InChI is InChI=1S/C14H14N2/c1-11-2-6-13(7-3-11)14-8-4-12(5-9-14)10-16-15/h2-10H,15H2,1H3. The van der Waals surface area contributed by atoms with E-state index in [9.17, 15) is 0 Å². The molecule has 2 aromatic carbocycles. The Kier molecular flexibility index (Phi) is 3.01. The van der Waals surface area contributed by atoms with E-state index < -0.39 is 0 Å². The first-order valence-electron chi connectivity index (χ1n) is 5.20. The topological polar surface area (TPSA) is 38.4 Å². The highest BCUT2D eigenvalue weighted by molar-refractivity contribution is 5.80. The molecular weight excluding hydrogens is 196 g/mol. The Morgan fingerprint density at radius 1 is 0.875 bits per heavy atom. The number of nitrogens with zero attached hydrogens (tertiary/aromatic N) is 1.